The van der Waals surface area contributed by atoms with Gasteiger partial charge >= 0.3 is 0 Å². The lowest BCUT2D eigenvalue weighted by molar-refractivity contribution is 0.0675. The van der Waals surface area contributed by atoms with Crippen LogP contribution in [-0.2, 0) is 4.74 Å². The molecule has 0 atom stereocenters. The van der Waals surface area contributed by atoms with Crippen molar-refractivity contribution in [2.75, 3.05) is 50.7 Å². The Morgan fingerprint density at radius 3 is 2.55 bits per heavy atom. The fourth-order valence-electron chi connectivity index (χ4n) is 3.53. The first kappa shape index (κ1) is 22.3. The Bertz CT molecular complexity index is 1130. The number of aliphatic imine (C=N–C) groups is 3. The monoisotopic (exact) mass is 444 g/mol. The summed E-state index contributed by atoms with van der Waals surface area (Å²) < 4.78 is 10.7. The zero-order chi connectivity index (χ0) is 22.9. The maximum Gasteiger partial charge on any atom is 0.229 e. The van der Waals surface area contributed by atoms with Crippen LogP contribution in [0, 0.1) is 0 Å². The summed E-state index contributed by atoms with van der Waals surface area (Å²) in [5, 5.41) is 8.82. The molecule has 1 heterocycles. The Kier molecular flexibility index (Phi) is 7.50. The molecule has 0 aliphatic carbocycles. The van der Waals surface area contributed by atoms with Crippen molar-refractivity contribution in [2.24, 2.45) is 15.0 Å². The number of morpholine rings is 1. The molecule has 33 heavy (non-hydrogen) atoms. The number of benzene rings is 3. The number of anilines is 2. The largest absolute Gasteiger partial charge is 0.497 e. The van der Waals surface area contributed by atoms with Crippen molar-refractivity contribution in [3.63, 3.8) is 0 Å². The molecule has 0 amide bonds. The van der Waals surface area contributed by atoms with Gasteiger partial charge in [0.15, 0.2) is 0 Å². The molecule has 0 radical (unpaired) electrons. The summed E-state index contributed by atoms with van der Waals surface area (Å²) in [6.07, 6.45) is 0. The molecular formula is C25H28N6O2. The van der Waals surface area contributed by atoms with E-state index in [2.05, 4.69) is 45.4 Å². The van der Waals surface area contributed by atoms with E-state index in [1.807, 2.05) is 48.5 Å². The van der Waals surface area contributed by atoms with Crippen LogP contribution in [0.15, 0.2) is 81.7 Å². The van der Waals surface area contributed by atoms with Crippen molar-refractivity contribution in [3.8, 4) is 5.75 Å². The molecule has 0 spiro atoms. The quantitative estimate of drug-likeness (QED) is 0.458. The van der Waals surface area contributed by atoms with Gasteiger partial charge in [-0.15, -0.1) is 0 Å². The van der Waals surface area contributed by atoms with Crippen molar-refractivity contribution in [2.45, 2.75) is 0 Å². The topological polar surface area (TPSA) is 82.8 Å². The van der Waals surface area contributed by atoms with Crippen LogP contribution in [0.5, 0.6) is 5.75 Å². The summed E-state index contributed by atoms with van der Waals surface area (Å²) in [7, 11) is 1.65. The van der Waals surface area contributed by atoms with Crippen LogP contribution in [-0.4, -0.2) is 63.6 Å². The summed E-state index contributed by atoms with van der Waals surface area (Å²) >= 11 is 0. The molecule has 1 saturated heterocycles. The molecule has 8 nitrogen and oxygen atoms in total. The van der Waals surface area contributed by atoms with Crippen LogP contribution in [0.4, 0.5) is 11.4 Å². The van der Waals surface area contributed by atoms with Gasteiger partial charge in [0, 0.05) is 29.9 Å². The summed E-state index contributed by atoms with van der Waals surface area (Å²) in [6, 6.07) is 21.9. The number of nitrogens with zero attached hydrogens (tertiary/aromatic N) is 4. The van der Waals surface area contributed by atoms with Gasteiger partial charge < -0.3 is 25.0 Å². The lowest BCUT2D eigenvalue weighted by Crippen LogP contribution is -2.41. The number of guanidine groups is 2. The Morgan fingerprint density at radius 1 is 1.03 bits per heavy atom. The first-order chi connectivity index (χ1) is 16.3. The molecule has 0 saturated carbocycles. The van der Waals surface area contributed by atoms with E-state index < -0.39 is 0 Å². The van der Waals surface area contributed by atoms with Crippen LogP contribution in [0.1, 0.15) is 0 Å². The summed E-state index contributed by atoms with van der Waals surface area (Å²) in [4.78, 5) is 15.6. The second-order valence-electron chi connectivity index (χ2n) is 7.37. The number of nitrogens with one attached hydrogen (secondary N) is 2. The van der Waals surface area contributed by atoms with Crippen LogP contribution >= 0.6 is 0 Å². The molecule has 1 aliphatic heterocycles. The highest BCUT2D eigenvalue weighted by Crippen LogP contribution is 2.23. The first-order valence-corrected chi connectivity index (χ1v) is 10.8. The maximum atomic E-state index is 5.50. The molecule has 1 fully saturated rings. The minimum atomic E-state index is 0.362. The third-order valence-corrected chi connectivity index (χ3v) is 5.28. The van der Waals surface area contributed by atoms with Gasteiger partial charge in [0.1, 0.15) is 12.4 Å². The van der Waals surface area contributed by atoms with E-state index in [9.17, 15) is 0 Å². The van der Waals surface area contributed by atoms with Gasteiger partial charge in [0.2, 0.25) is 11.9 Å². The minimum Gasteiger partial charge on any atom is -0.497 e. The number of rotatable bonds is 5. The fraction of sp³-hybridized carbons (Fsp3) is 0.240. The molecule has 4 rings (SSSR count). The van der Waals surface area contributed by atoms with Gasteiger partial charge in [-0.3, -0.25) is 0 Å². The molecule has 170 valence electrons. The lowest BCUT2D eigenvalue weighted by Gasteiger charge is -2.27. The smallest absolute Gasteiger partial charge is 0.229 e. The van der Waals surface area contributed by atoms with Crippen molar-refractivity contribution < 1.29 is 9.47 Å². The van der Waals surface area contributed by atoms with E-state index in [4.69, 9.17) is 19.5 Å². The highest BCUT2D eigenvalue weighted by atomic mass is 16.5. The van der Waals surface area contributed by atoms with Crippen LogP contribution in [0.25, 0.3) is 10.8 Å². The second-order valence-corrected chi connectivity index (χ2v) is 7.37. The van der Waals surface area contributed by atoms with Gasteiger partial charge in [-0.1, -0.05) is 36.4 Å². The molecule has 0 bridgehead atoms. The van der Waals surface area contributed by atoms with Gasteiger partial charge in [0.25, 0.3) is 0 Å². The zero-order valence-electron chi connectivity index (χ0n) is 18.7. The van der Waals surface area contributed by atoms with Crippen molar-refractivity contribution in [3.05, 3.63) is 66.7 Å². The van der Waals surface area contributed by atoms with Crippen LogP contribution < -0.4 is 15.4 Å². The summed E-state index contributed by atoms with van der Waals surface area (Å²) in [5.41, 5.74) is 1.86. The molecule has 0 unspecified atom stereocenters. The third-order valence-electron chi connectivity index (χ3n) is 5.28. The Balaban J connectivity index is 1.55. The van der Waals surface area contributed by atoms with E-state index >= 15 is 0 Å². The molecule has 3 aromatic carbocycles. The Labute approximate surface area is 193 Å². The lowest BCUT2D eigenvalue weighted by atomic mass is 10.1. The van der Waals surface area contributed by atoms with E-state index in [0.717, 1.165) is 27.9 Å². The van der Waals surface area contributed by atoms with E-state index in [1.54, 1.807) is 7.11 Å². The Morgan fingerprint density at radius 2 is 1.79 bits per heavy atom. The molecule has 2 N–H and O–H groups in total. The maximum absolute atomic E-state index is 5.50. The highest BCUT2D eigenvalue weighted by molar-refractivity contribution is 6.08. The summed E-state index contributed by atoms with van der Waals surface area (Å²) in [6.45, 7) is 6.76. The number of methoxy groups -OCH3 is 1. The normalized spacial score (nSPS) is 14.8. The van der Waals surface area contributed by atoms with E-state index in [1.165, 1.54) is 0 Å². The molecule has 1 aliphatic rings. The predicted molar refractivity (Wildman–Crippen MR) is 136 cm³/mol. The molecule has 8 heteroatoms. The van der Waals surface area contributed by atoms with Crippen molar-refractivity contribution >= 4 is 40.8 Å². The number of hydrogen-bond donors (Lipinski definition) is 2. The van der Waals surface area contributed by atoms with Gasteiger partial charge in [-0.05, 0) is 42.4 Å². The average Bonchev–Trinajstić information content (AvgIpc) is 2.88. The fourth-order valence-corrected chi connectivity index (χ4v) is 3.53. The van der Waals surface area contributed by atoms with Gasteiger partial charge in [-0.2, -0.15) is 4.99 Å². The molecular weight excluding hydrogens is 416 g/mol. The van der Waals surface area contributed by atoms with Crippen molar-refractivity contribution in [1.29, 1.82) is 0 Å². The average molecular weight is 445 g/mol. The Hall–Kier alpha value is -3.91. The van der Waals surface area contributed by atoms with Gasteiger partial charge in [-0.25, -0.2) is 9.98 Å². The SMILES string of the molecule is C=NC(=NC(=NCNc1ccc(OC)cc1)N1CCOCC1)Nc1cccc2ccccc12. The van der Waals surface area contributed by atoms with E-state index in [0.29, 0.717) is 44.9 Å². The van der Waals surface area contributed by atoms with Crippen molar-refractivity contribution in [1.82, 2.24) is 4.90 Å². The minimum absolute atomic E-state index is 0.362. The molecule has 3 aromatic rings. The summed E-state index contributed by atoms with van der Waals surface area (Å²) in [5.74, 6) is 1.78. The number of hydrogen-bond acceptors (Lipinski definition) is 4. The second kappa shape index (κ2) is 11.1. The third kappa shape index (κ3) is 5.87. The molecule has 0 aromatic heterocycles. The van der Waals surface area contributed by atoms with Crippen LogP contribution in [0.2, 0.25) is 0 Å². The number of fused-ring (bicyclic) bond motifs is 1. The predicted octanol–water partition coefficient (Wildman–Crippen LogP) is 4.07. The highest BCUT2D eigenvalue weighted by Gasteiger charge is 2.16. The first-order valence-electron chi connectivity index (χ1n) is 10.8. The number of ether oxygens (including phenoxy) is 2. The zero-order valence-corrected chi connectivity index (χ0v) is 18.7. The van der Waals surface area contributed by atoms with Crippen LogP contribution in [0.3, 0.4) is 0 Å². The van der Waals surface area contributed by atoms with Gasteiger partial charge in [0.05, 0.1) is 20.3 Å². The standard InChI is InChI=1S/C25H28N6O2/c1-26-24(29-23-9-5-7-19-6-3-4-8-22(19)23)30-25(31-14-16-33-17-15-31)28-18-27-20-10-12-21(32-2)13-11-20/h3-13,27H,1,14-18H2,2H3,(H,28,29,30). The van der Waals surface area contributed by atoms with E-state index in [-0.39, 0.29) is 0 Å².